The van der Waals surface area contributed by atoms with Gasteiger partial charge in [0.25, 0.3) is 0 Å². The molecular formula is C12H17N5O. The summed E-state index contributed by atoms with van der Waals surface area (Å²) < 4.78 is 1.75. The summed E-state index contributed by atoms with van der Waals surface area (Å²) in [5, 5.41) is 20.1. The van der Waals surface area contributed by atoms with Crippen molar-refractivity contribution in [2.75, 3.05) is 6.61 Å². The minimum absolute atomic E-state index is 0.176. The molecule has 96 valence electrons. The molecule has 0 aliphatic rings. The first kappa shape index (κ1) is 12.7. The van der Waals surface area contributed by atoms with E-state index in [1.54, 1.807) is 17.1 Å². The van der Waals surface area contributed by atoms with Gasteiger partial charge < -0.3 is 10.4 Å². The molecule has 6 nitrogen and oxygen atoms in total. The molecule has 0 amide bonds. The van der Waals surface area contributed by atoms with Crippen molar-refractivity contribution in [2.45, 2.75) is 26.1 Å². The van der Waals surface area contributed by atoms with Gasteiger partial charge >= 0.3 is 0 Å². The van der Waals surface area contributed by atoms with Crippen LogP contribution in [0.4, 0.5) is 0 Å². The molecule has 6 heteroatoms. The number of nitrogens with zero attached hydrogens (tertiary/aromatic N) is 4. The van der Waals surface area contributed by atoms with Crippen molar-refractivity contribution in [3.8, 4) is 0 Å². The number of hydrogen-bond donors (Lipinski definition) is 2. The van der Waals surface area contributed by atoms with Crippen LogP contribution in [0.3, 0.4) is 0 Å². The van der Waals surface area contributed by atoms with Gasteiger partial charge in [0.05, 0.1) is 5.69 Å². The first-order chi connectivity index (χ1) is 8.88. The van der Waals surface area contributed by atoms with Gasteiger partial charge in [-0.15, -0.1) is 5.10 Å². The van der Waals surface area contributed by atoms with Crippen LogP contribution in [0.5, 0.6) is 0 Å². The Morgan fingerprint density at radius 3 is 2.83 bits per heavy atom. The maximum absolute atomic E-state index is 8.72. The Labute approximate surface area is 106 Å². The Hall–Kier alpha value is -1.79. The lowest BCUT2D eigenvalue weighted by Crippen LogP contribution is -2.12. The van der Waals surface area contributed by atoms with Crippen LogP contribution in [0.15, 0.2) is 30.7 Å². The Morgan fingerprint density at radius 2 is 2.06 bits per heavy atom. The van der Waals surface area contributed by atoms with Crippen LogP contribution in [0.1, 0.15) is 17.7 Å². The summed E-state index contributed by atoms with van der Waals surface area (Å²) >= 11 is 0. The van der Waals surface area contributed by atoms with E-state index in [2.05, 4.69) is 20.6 Å². The lowest BCUT2D eigenvalue weighted by atomic mass is 10.3. The number of aliphatic hydroxyl groups is 1. The van der Waals surface area contributed by atoms with E-state index in [-0.39, 0.29) is 6.61 Å². The predicted molar refractivity (Wildman–Crippen MR) is 66.5 cm³/mol. The van der Waals surface area contributed by atoms with Gasteiger partial charge in [0.15, 0.2) is 0 Å². The average Bonchev–Trinajstić information content (AvgIpc) is 2.85. The minimum atomic E-state index is 0.176. The van der Waals surface area contributed by atoms with Gasteiger partial charge in [-0.3, -0.25) is 9.67 Å². The SMILES string of the molecule is OCCCn1cc(CNCc2ccncc2)nn1. The zero-order valence-electron chi connectivity index (χ0n) is 10.2. The van der Waals surface area contributed by atoms with Crippen LogP contribution in [-0.2, 0) is 19.6 Å². The lowest BCUT2D eigenvalue weighted by molar-refractivity contribution is 0.276. The highest BCUT2D eigenvalue weighted by atomic mass is 16.3. The van der Waals surface area contributed by atoms with Crippen molar-refractivity contribution in [3.05, 3.63) is 42.0 Å². The van der Waals surface area contributed by atoms with Crippen molar-refractivity contribution >= 4 is 0 Å². The fourth-order valence-corrected chi connectivity index (χ4v) is 1.60. The molecule has 0 radical (unpaired) electrons. The molecule has 0 unspecified atom stereocenters. The Bertz CT molecular complexity index is 457. The van der Waals surface area contributed by atoms with Crippen LogP contribution in [0, 0.1) is 0 Å². The molecule has 2 aromatic rings. The first-order valence-electron chi connectivity index (χ1n) is 5.98. The highest BCUT2D eigenvalue weighted by Crippen LogP contribution is 1.98. The van der Waals surface area contributed by atoms with Crippen molar-refractivity contribution < 1.29 is 5.11 Å². The molecule has 0 atom stereocenters. The number of aliphatic hydroxyl groups excluding tert-OH is 1. The lowest BCUT2D eigenvalue weighted by Gasteiger charge is -2.01. The van der Waals surface area contributed by atoms with Crippen LogP contribution in [0.2, 0.25) is 0 Å². The first-order valence-corrected chi connectivity index (χ1v) is 5.98. The third kappa shape index (κ3) is 3.90. The van der Waals surface area contributed by atoms with Crippen molar-refractivity contribution in [1.82, 2.24) is 25.3 Å². The predicted octanol–water partition coefficient (Wildman–Crippen LogP) is 0.345. The van der Waals surface area contributed by atoms with Crippen molar-refractivity contribution in [2.24, 2.45) is 0 Å². The highest BCUT2D eigenvalue weighted by Gasteiger charge is 2.00. The van der Waals surface area contributed by atoms with Crippen molar-refractivity contribution in [3.63, 3.8) is 0 Å². The normalized spacial score (nSPS) is 10.7. The van der Waals surface area contributed by atoms with Gasteiger partial charge in [-0.05, 0) is 24.1 Å². The van der Waals surface area contributed by atoms with E-state index in [4.69, 9.17) is 5.11 Å². The smallest absolute Gasteiger partial charge is 0.0964 e. The summed E-state index contributed by atoms with van der Waals surface area (Å²) in [7, 11) is 0. The molecule has 0 fully saturated rings. The Kier molecular flexibility index (Phi) is 4.80. The van der Waals surface area contributed by atoms with Gasteiger partial charge in [-0.2, -0.15) is 0 Å². The molecule has 2 aromatic heterocycles. The Balaban J connectivity index is 1.75. The van der Waals surface area contributed by atoms with E-state index in [1.165, 1.54) is 5.56 Å². The third-order valence-corrected chi connectivity index (χ3v) is 2.52. The van der Waals surface area contributed by atoms with E-state index < -0.39 is 0 Å². The number of aryl methyl sites for hydroxylation is 1. The van der Waals surface area contributed by atoms with E-state index in [9.17, 15) is 0 Å². The van der Waals surface area contributed by atoms with E-state index in [0.29, 0.717) is 19.5 Å². The van der Waals surface area contributed by atoms with E-state index in [0.717, 1.165) is 12.2 Å². The molecule has 2 N–H and O–H groups in total. The second-order valence-corrected chi connectivity index (χ2v) is 4.01. The molecule has 0 spiro atoms. The summed E-state index contributed by atoms with van der Waals surface area (Å²) in [5.74, 6) is 0. The maximum atomic E-state index is 8.72. The zero-order chi connectivity index (χ0) is 12.6. The van der Waals surface area contributed by atoms with Crippen LogP contribution in [-0.4, -0.2) is 31.7 Å². The van der Waals surface area contributed by atoms with E-state index >= 15 is 0 Å². The summed E-state index contributed by atoms with van der Waals surface area (Å²) in [4.78, 5) is 3.97. The molecule has 18 heavy (non-hydrogen) atoms. The molecule has 0 saturated carbocycles. The van der Waals surface area contributed by atoms with Gasteiger partial charge in [-0.1, -0.05) is 5.21 Å². The molecule has 0 aliphatic carbocycles. The monoisotopic (exact) mass is 247 g/mol. The minimum Gasteiger partial charge on any atom is -0.396 e. The van der Waals surface area contributed by atoms with Crippen LogP contribution >= 0.6 is 0 Å². The van der Waals surface area contributed by atoms with Gasteiger partial charge in [-0.25, -0.2) is 0 Å². The van der Waals surface area contributed by atoms with Crippen LogP contribution < -0.4 is 5.32 Å². The Morgan fingerprint density at radius 1 is 1.22 bits per heavy atom. The molecule has 2 heterocycles. The number of nitrogens with one attached hydrogen (secondary N) is 1. The highest BCUT2D eigenvalue weighted by molar-refractivity contribution is 5.09. The maximum Gasteiger partial charge on any atom is 0.0964 e. The molecule has 0 aromatic carbocycles. The molecule has 0 saturated heterocycles. The van der Waals surface area contributed by atoms with Gasteiger partial charge in [0.2, 0.25) is 0 Å². The number of hydrogen-bond acceptors (Lipinski definition) is 5. The second-order valence-electron chi connectivity index (χ2n) is 4.01. The van der Waals surface area contributed by atoms with Crippen molar-refractivity contribution in [1.29, 1.82) is 0 Å². The zero-order valence-corrected chi connectivity index (χ0v) is 10.2. The summed E-state index contributed by atoms with van der Waals surface area (Å²) in [6.07, 6.45) is 6.16. The fraction of sp³-hybridized carbons (Fsp3) is 0.417. The number of rotatable bonds is 7. The van der Waals surface area contributed by atoms with E-state index in [1.807, 2.05) is 18.3 Å². The molecule has 0 aliphatic heterocycles. The molecule has 0 bridgehead atoms. The molecule has 2 rings (SSSR count). The summed E-state index contributed by atoms with van der Waals surface area (Å²) in [6, 6.07) is 3.95. The molecular weight excluding hydrogens is 230 g/mol. The topological polar surface area (TPSA) is 75.9 Å². The summed E-state index contributed by atoms with van der Waals surface area (Å²) in [6.45, 7) is 2.34. The largest absolute Gasteiger partial charge is 0.396 e. The van der Waals surface area contributed by atoms with Gasteiger partial charge in [0, 0.05) is 44.8 Å². The van der Waals surface area contributed by atoms with Crippen LogP contribution in [0.25, 0.3) is 0 Å². The average molecular weight is 247 g/mol. The standard InChI is InChI=1S/C12H17N5O/c18-7-1-6-17-10-12(15-16-17)9-14-8-11-2-4-13-5-3-11/h2-5,10,14,18H,1,6-9H2. The fourth-order valence-electron chi connectivity index (χ4n) is 1.60. The number of pyridine rings is 1. The number of aromatic nitrogens is 4. The third-order valence-electron chi connectivity index (χ3n) is 2.52. The van der Waals surface area contributed by atoms with Gasteiger partial charge in [0.1, 0.15) is 0 Å². The second kappa shape index (κ2) is 6.83. The quantitative estimate of drug-likeness (QED) is 0.738. The summed E-state index contributed by atoms with van der Waals surface area (Å²) in [5.41, 5.74) is 2.10.